The Labute approximate surface area is 121 Å². The summed E-state index contributed by atoms with van der Waals surface area (Å²) >= 11 is 0. The lowest BCUT2D eigenvalue weighted by molar-refractivity contribution is -0.674. The van der Waals surface area contributed by atoms with Crippen LogP contribution in [0.25, 0.3) is 11.0 Å². The number of ether oxygens (including phenoxy) is 1. The summed E-state index contributed by atoms with van der Waals surface area (Å²) in [5, 5.41) is 3.13. The maximum atomic E-state index is 5.84. The summed E-state index contributed by atoms with van der Waals surface area (Å²) in [6.07, 6.45) is 1.03. The highest BCUT2D eigenvalue weighted by atomic mass is 16.5. The van der Waals surface area contributed by atoms with Crippen molar-refractivity contribution < 1.29 is 9.30 Å². The number of nitrogens with zero attached hydrogens (tertiary/aromatic N) is 2. The molecule has 0 aliphatic rings. The Kier molecular flexibility index (Phi) is 5.01. The summed E-state index contributed by atoms with van der Waals surface area (Å²) in [5.74, 6) is 2.27. The molecular weight excluding hydrogens is 250 g/mol. The van der Waals surface area contributed by atoms with Gasteiger partial charge < -0.3 is 10.1 Å². The van der Waals surface area contributed by atoms with E-state index in [0.717, 1.165) is 38.4 Å². The zero-order valence-corrected chi connectivity index (χ0v) is 13.1. The van der Waals surface area contributed by atoms with Gasteiger partial charge in [0.05, 0.1) is 19.7 Å². The van der Waals surface area contributed by atoms with Crippen molar-refractivity contribution in [2.45, 2.75) is 40.3 Å². The third-order valence-corrected chi connectivity index (χ3v) is 3.78. The van der Waals surface area contributed by atoms with Crippen LogP contribution in [0, 0.1) is 6.92 Å². The van der Waals surface area contributed by atoms with E-state index in [9.17, 15) is 0 Å². The Hall–Kier alpha value is -1.55. The van der Waals surface area contributed by atoms with Crippen LogP contribution in [0.1, 0.15) is 26.1 Å². The fourth-order valence-electron chi connectivity index (χ4n) is 2.77. The number of aromatic nitrogens is 2. The maximum Gasteiger partial charge on any atom is 0.254 e. The lowest BCUT2D eigenvalue weighted by atomic mass is 10.3. The average molecular weight is 276 g/mol. The minimum absolute atomic E-state index is 0.756. The molecule has 0 aliphatic carbocycles. The van der Waals surface area contributed by atoms with E-state index in [4.69, 9.17) is 4.74 Å². The van der Waals surface area contributed by atoms with Crippen molar-refractivity contribution in [2.24, 2.45) is 0 Å². The van der Waals surface area contributed by atoms with Crippen LogP contribution in [0.15, 0.2) is 18.2 Å². The van der Waals surface area contributed by atoms with E-state index in [2.05, 4.69) is 53.4 Å². The third-order valence-electron chi connectivity index (χ3n) is 3.78. The van der Waals surface area contributed by atoms with Crippen molar-refractivity contribution in [3.05, 3.63) is 24.0 Å². The van der Waals surface area contributed by atoms with Crippen molar-refractivity contribution in [3.8, 4) is 5.75 Å². The van der Waals surface area contributed by atoms with Gasteiger partial charge in [0.15, 0.2) is 11.0 Å². The molecule has 1 heterocycles. The highest BCUT2D eigenvalue weighted by Gasteiger charge is 2.19. The molecule has 20 heavy (non-hydrogen) atoms. The molecule has 4 heteroatoms. The van der Waals surface area contributed by atoms with Crippen LogP contribution in [0.4, 0.5) is 0 Å². The molecule has 0 fully saturated rings. The summed E-state index contributed by atoms with van der Waals surface area (Å²) in [7, 11) is 1.96. The SMILES string of the molecule is CCn1c(C)[n+](CC)c2ccc(OCCCNC)cc21. The number of benzene rings is 1. The Balaban J connectivity index is 2.28. The van der Waals surface area contributed by atoms with Crippen molar-refractivity contribution >= 4 is 11.0 Å². The van der Waals surface area contributed by atoms with Gasteiger partial charge in [0, 0.05) is 13.0 Å². The van der Waals surface area contributed by atoms with Crippen LogP contribution in [-0.4, -0.2) is 24.8 Å². The zero-order chi connectivity index (χ0) is 14.5. The molecule has 0 aliphatic heterocycles. The van der Waals surface area contributed by atoms with Crippen LogP contribution < -0.4 is 14.6 Å². The normalized spacial score (nSPS) is 11.2. The van der Waals surface area contributed by atoms with E-state index in [-0.39, 0.29) is 0 Å². The van der Waals surface area contributed by atoms with Gasteiger partial charge in [-0.3, -0.25) is 0 Å². The van der Waals surface area contributed by atoms with Gasteiger partial charge in [0.25, 0.3) is 5.82 Å². The van der Waals surface area contributed by atoms with E-state index >= 15 is 0 Å². The van der Waals surface area contributed by atoms with Gasteiger partial charge in [-0.1, -0.05) is 0 Å². The van der Waals surface area contributed by atoms with Crippen LogP contribution in [-0.2, 0) is 13.1 Å². The number of imidazole rings is 1. The molecule has 2 aromatic rings. The summed E-state index contributed by atoms with van der Waals surface area (Å²) in [6.45, 7) is 10.3. The van der Waals surface area contributed by atoms with Crippen molar-refractivity contribution in [1.82, 2.24) is 9.88 Å². The molecule has 4 nitrogen and oxygen atoms in total. The van der Waals surface area contributed by atoms with Gasteiger partial charge >= 0.3 is 0 Å². The summed E-state index contributed by atoms with van der Waals surface area (Å²) < 4.78 is 10.5. The van der Waals surface area contributed by atoms with Gasteiger partial charge in [-0.2, -0.15) is 0 Å². The van der Waals surface area contributed by atoms with Gasteiger partial charge in [-0.05, 0) is 46.0 Å². The number of fused-ring (bicyclic) bond motifs is 1. The second-order valence-electron chi connectivity index (χ2n) is 4.99. The monoisotopic (exact) mass is 276 g/mol. The number of hydrogen-bond donors (Lipinski definition) is 1. The third kappa shape index (κ3) is 2.80. The number of aryl methyl sites for hydroxylation is 2. The Morgan fingerprint density at radius 1 is 1.30 bits per heavy atom. The van der Waals surface area contributed by atoms with Crippen LogP contribution >= 0.6 is 0 Å². The second kappa shape index (κ2) is 6.75. The smallest absolute Gasteiger partial charge is 0.254 e. The van der Waals surface area contributed by atoms with E-state index in [1.807, 2.05) is 7.05 Å². The summed E-state index contributed by atoms with van der Waals surface area (Å²) in [5.41, 5.74) is 2.55. The standard InChI is InChI=1S/C16H26N3O/c1-5-18-13(3)19(6-2)16-12-14(8-9-15(16)18)20-11-7-10-17-4/h8-9,12,17H,5-7,10-11H2,1-4H3/q+1. The molecule has 0 saturated heterocycles. The first kappa shape index (κ1) is 14.9. The highest BCUT2D eigenvalue weighted by Crippen LogP contribution is 2.21. The lowest BCUT2D eigenvalue weighted by Crippen LogP contribution is -2.34. The van der Waals surface area contributed by atoms with Crippen molar-refractivity contribution in [3.63, 3.8) is 0 Å². The largest absolute Gasteiger partial charge is 0.493 e. The molecular formula is C16H26N3O+. The first-order valence-electron chi connectivity index (χ1n) is 7.53. The average Bonchev–Trinajstić information content (AvgIpc) is 2.73. The van der Waals surface area contributed by atoms with Crippen LogP contribution in [0.2, 0.25) is 0 Å². The molecule has 1 aromatic heterocycles. The number of nitrogens with one attached hydrogen (secondary N) is 1. The first-order chi connectivity index (χ1) is 9.72. The van der Waals surface area contributed by atoms with Crippen molar-refractivity contribution in [1.29, 1.82) is 0 Å². The lowest BCUT2D eigenvalue weighted by Gasteiger charge is -2.05. The molecule has 0 radical (unpaired) electrons. The highest BCUT2D eigenvalue weighted by molar-refractivity contribution is 5.74. The molecule has 2 rings (SSSR count). The second-order valence-corrected chi connectivity index (χ2v) is 4.99. The molecule has 0 bridgehead atoms. The van der Waals surface area contributed by atoms with E-state index in [0.29, 0.717) is 0 Å². The number of hydrogen-bond acceptors (Lipinski definition) is 2. The predicted molar refractivity (Wildman–Crippen MR) is 82.3 cm³/mol. The molecule has 0 spiro atoms. The molecule has 1 N–H and O–H groups in total. The molecule has 110 valence electrons. The first-order valence-corrected chi connectivity index (χ1v) is 7.53. The van der Waals surface area contributed by atoms with Crippen molar-refractivity contribution in [2.75, 3.05) is 20.2 Å². The fraction of sp³-hybridized carbons (Fsp3) is 0.562. The summed E-state index contributed by atoms with van der Waals surface area (Å²) in [4.78, 5) is 0. The topological polar surface area (TPSA) is 30.1 Å². The van der Waals surface area contributed by atoms with E-state index in [1.54, 1.807) is 0 Å². The Bertz CT molecular complexity index is 575. The Morgan fingerprint density at radius 2 is 2.10 bits per heavy atom. The van der Waals surface area contributed by atoms with Gasteiger partial charge in [0.2, 0.25) is 0 Å². The van der Waals surface area contributed by atoms with Crippen LogP contribution in [0.3, 0.4) is 0 Å². The number of rotatable bonds is 7. The van der Waals surface area contributed by atoms with Gasteiger partial charge in [0.1, 0.15) is 5.75 Å². The predicted octanol–water partition coefficient (Wildman–Crippen LogP) is 2.27. The molecule has 0 atom stereocenters. The molecule has 1 aromatic carbocycles. The van der Waals surface area contributed by atoms with E-state index in [1.165, 1.54) is 16.9 Å². The quantitative estimate of drug-likeness (QED) is 0.621. The maximum absolute atomic E-state index is 5.84. The van der Waals surface area contributed by atoms with Gasteiger partial charge in [-0.25, -0.2) is 9.13 Å². The summed E-state index contributed by atoms with van der Waals surface area (Å²) in [6, 6.07) is 6.41. The van der Waals surface area contributed by atoms with Crippen LogP contribution in [0.5, 0.6) is 5.75 Å². The fourth-order valence-corrected chi connectivity index (χ4v) is 2.77. The minimum Gasteiger partial charge on any atom is -0.493 e. The van der Waals surface area contributed by atoms with E-state index < -0.39 is 0 Å². The van der Waals surface area contributed by atoms with Gasteiger partial charge in [-0.15, -0.1) is 0 Å². The zero-order valence-electron chi connectivity index (χ0n) is 13.1. The molecule has 0 saturated carbocycles. The molecule has 0 amide bonds. The minimum atomic E-state index is 0.756. The molecule has 0 unspecified atom stereocenters. The Morgan fingerprint density at radius 3 is 2.75 bits per heavy atom.